The second kappa shape index (κ2) is 5.37. The van der Waals surface area contributed by atoms with Crippen LogP contribution in [-0.2, 0) is 0 Å². The van der Waals surface area contributed by atoms with Gasteiger partial charge < -0.3 is 4.74 Å². The molecule has 0 radical (unpaired) electrons. The van der Waals surface area contributed by atoms with Gasteiger partial charge in [0.05, 0.1) is 18.8 Å². The Hall–Kier alpha value is -1.75. The Labute approximate surface area is 97.2 Å². The monoisotopic (exact) mass is 215 g/mol. The SMILES string of the molecule is CC/C=C(\C#N)c1cc(C)c(OC)cc1C. The van der Waals surface area contributed by atoms with Crippen LogP contribution < -0.4 is 4.74 Å². The zero-order chi connectivity index (χ0) is 12.1. The van der Waals surface area contributed by atoms with Crippen molar-refractivity contribution in [1.82, 2.24) is 0 Å². The van der Waals surface area contributed by atoms with Gasteiger partial charge in [-0.25, -0.2) is 0 Å². The van der Waals surface area contributed by atoms with E-state index in [1.165, 1.54) is 0 Å². The highest BCUT2D eigenvalue weighted by Gasteiger charge is 2.08. The summed E-state index contributed by atoms with van der Waals surface area (Å²) in [5, 5.41) is 9.10. The highest BCUT2D eigenvalue weighted by molar-refractivity contribution is 5.79. The number of hydrogen-bond donors (Lipinski definition) is 0. The highest BCUT2D eigenvalue weighted by atomic mass is 16.5. The fourth-order valence-electron chi connectivity index (χ4n) is 1.72. The number of rotatable bonds is 3. The Morgan fingerprint density at radius 2 is 2.06 bits per heavy atom. The molecule has 0 unspecified atom stereocenters. The third-order valence-electron chi connectivity index (χ3n) is 2.56. The maximum atomic E-state index is 9.10. The Balaban J connectivity index is 3.31. The Morgan fingerprint density at radius 1 is 1.38 bits per heavy atom. The number of nitrogens with zero attached hydrogens (tertiary/aromatic N) is 1. The topological polar surface area (TPSA) is 33.0 Å². The predicted octanol–water partition coefficient (Wildman–Crippen LogP) is 3.63. The van der Waals surface area contributed by atoms with Crippen LogP contribution in [0, 0.1) is 25.2 Å². The van der Waals surface area contributed by atoms with Gasteiger partial charge in [0.25, 0.3) is 0 Å². The van der Waals surface area contributed by atoms with Gasteiger partial charge in [-0.2, -0.15) is 5.26 Å². The van der Waals surface area contributed by atoms with Crippen LogP contribution in [0.3, 0.4) is 0 Å². The molecule has 0 aliphatic heterocycles. The van der Waals surface area contributed by atoms with Crippen LogP contribution >= 0.6 is 0 Å². The van der Waals surface area contributed by atoms with E-state index in [9.17, 15) is 0 Å². The minimum absolute atomic E-state index is 0.741. The molecule has 1 rings (SSSR count). The molecule has 0 N–H and O–H groups in total. The average Bonchev–Trinajstić information content (AvgIpc) is 2.28. The van der Waals surface area contributed by atoms with Crippen LogP contribution in [-0.4, -0.2) is 7.11 Å². The first kappa shape index (κ1) is 12.3. The summed E-state index contributed by atoms with van der Waals surface area (Å²) >= 11 is 0. The van der Waals surface area contributed by atoms with E-state index in [0.29, 0.717) is 0 Å². The van der Waals surface area contributed by atoms with Gasteiger partial charge >= 0.3 is 0 Å². The molecule has 2 nitrogen and oxygen atoms in total. The van der Waals surface area contributed by atoms with Crippen LogP contribution in [0.4, 0.5) is 0 Å². The number of benzene rings is 1. The van der Waals surface area contributed by atoms with Gasteiger partial charge in [0, 0.05) is 0 Å². The Bertz CT molecular complexity index is 453. The number of ether oxygens (including phenoxy) is 1. The maximum Gasteiger partial charge on any atom is 0.122 e. The summed E-state index contributed by atoms with van der Waals surface area (Å²) in [6.07, 6.45) is 2.82. The van der Waals surface area contributed by atoms with Crippen molar-refractivity contribution in [1.29, 1.82) is 5.26 Å². The van der Waals surface area contributed by atoms with Crippen molar-refractivity contribution in [3.63, 3.8) is 0 Å². The van der Waals surface area contributed by atoms with Crippen LogP contribution in [0.25, 0.3) is 5.57 Å². The second-order valence-electron chi connectivity index (χ2n) is 3.77. The van der Waals surface area contributed by atoms with Crippen molar-refractivity contribution < 1.29 is 4.74 Å². The maximum absolute atomic E-state index is 9.10. The van der Waals surface area contributed by atoms with Crippen molar-refractivity contribution in [2.75, 3.05) is 7.11 Å². The Morgan fingerprint density at radius 3 is 2.56 bits per heavy atom. The molecule has 0 bridgehead atoms. The van der Waals surface area contributed by atoms with E-state index in [0.717, 1.165) is 34.4 Å². The highest BCUT2D eigenvalue weighted by Crippen LogP contribution is 2.27. The number of methoxy groups -OCH3 is 1. The molecule has 0 fully saturated rings. The molecule has 0 saturated carbocycles. The lowest BCUT2D eigenvalue weighted by Crippen LogP contribution is -1.93. The third-order valence-corrected chi connectivity index (χ3v) is 2.56. The fourth-order valence-corrected chi connectivity index (χ4v) is 1.72. The number of hydrogen-bond acceptors (Lipinski definition) is 2. The fraction of sp³-hybridized carbons (Fsp3) is 0.357. The van der Waals surface area contributed by atoms with E-state index < -0.39 is 0 Å². The molecule has 0 amide bonds. The molecule has 0 aliphatic carbocycles. The lowest BCUT2D eigenvalue weighted by Gasteiger charge is -2.10. The van der Waals surface area contributed by atoms with Crippen molar-refractivity contribution in [2.45, 2.75) is 27.2 Å². The molecular formula is C14H17NO. The van der Waals surface area contributed by atoms with E-state index in [4.69, 9.17) is 10.00 Å². The van der Waals surface area contributed by atoms with Crippen molar-refractivity contribution in [3.8, 4) is 11.8 Å². The molecular weight excluding hydrogens is 198 g/mol. The minimum Gasteiger partial charge on any atom is -0.496 e. The number of aryl methyl sites for hydroxylation is 2. The van der Waals surface area contributed by atoms with Crippen molar-refractivity contribution >= 4 is 5.57 Å². The molecule has 2 heteroatoms. The Kier molecular flexibility index (Phi) is 4.13. The molecule has 0 saturated heterocycles. The standard InChI is InChI=1S/C14H17NO/c1-5-6-12(9-15)13-7-11(3)14(16-4)8-10(13)2/h6-8H,5H2,1-4H3/b12-6+. The van der Waals surface area contributed by atoms with Gasteiger partial charge in [0.1, 0.15) is 5.75 Å². The normalized spacial score (nSPS) is 11.1. The van der Waals surface area contributed by atoms with E-state index in [1.807, 2.05) is 39.0 Å². The molecule has 0 atom stereocenters. The van der Waals surface area contributed by atoms with Crippen molar-refractivity contribution in [2.24, 2.45) is 0 Å². The van der Waals surface area contributed by atoms with Crippen LogP contribution in [0.1, 0.15) is 30.0 Å². The van der Waals surface area contributed by atoms with Gasteiger partial charge in [-0.3, -0.25) is 0 Å². The van der Waals surface area contributed by atoms with Gasteiger partial charge in [-0.15, -0.1) is 0 Å². The summed E-state index contributed by atoms with van der Waals surface area (Å²) < 4.78 is 5.25. The lowest BCUT2D eigenvalue weighted by molar-refractivity contribution is 0.411. The molecule has 0 aromatic heterocycles. The van der Waals surface area contributed by atoms with Gasteiger partial charge in [-0.1, -0.05) is 13.0 Å². The van der Waals surface area contributed by atoms with E-state index >= 15 is 0 Å². The molecule has 0 heterocycles. The first-order valence-corrected chi connectivity index (χ1v) is 5.39. The van der Waals surface area contributed by atoms with Crippen LogP contribution in [0.5, 0.6) is 5.75 Å². The van der Waals surface area contributed by atoms with Gasteiger partial charge in [0.15, 0.2) is 0 Å². The summed E-state index contributed by atoms with van der Waals surface area (Å²) in [7, 11) is 1.66. The molecule has 84 valence electrons. The lowest BCUT2D eigenvalue weighted by atomic mass is 9.98. The summed E-state index contributed by atoms with van der Waals surface area (Å²) in [4.78, 5) is 0. The molecule has 1 aromatic carbocycles. The smallest absolute Gasteiger partial charge is 0.122 e. The largest absolute Gasteiger partial charge is 0.496 e. The number of allylic oxidation sites excluding steroid dienone is 2. The first-order chi connectivity index (χ1) is 7.63. The summed E-state index contributed by atoms with van der Waals surface area (Å²) in [5.41, 5.74) is 3.87. The zero-order valence-electron chi connectivity index (χ0n) is 10.3. The zero-order valence-corrected chi connectivity index (χ0v) is 10.3. The molecule has 16 heavy (non-hydrogen) atoms. The summed E-state index contributed by atoms with van der Waals surface area (Å²) in [6.45, 7) is 6.02. The van der Waals surface area contributed by atoms with Crippen molar-refractivity contribution in [3.05, 3.63) is 34.9 Å². The quantitative estimate of drug-likeness (QED) is 0.721. The van der Waals surface area contributed by atoms with Gasteiger partial charge in [0.2, 0.25) is 0 Å². The van der Waals surface area contributed by atoms with Gasteiger partial charge in [-0.05, 0) is 49.1 Å². The van der Waals surface area contributed by atoms with E-state index in [1.54, 1.807) is 7.11 Å². The van der Waals surface area contributed by atoms with E-state index in [2.05, 4.69) is 6.07 Å². The third kappa shape index (κ3) is 2.43. The first-order valence-electron chi connectivity index (χ1n) is 5.39. The predicted molar refractivity (Wildman–Crippen MR) is 66.3 cm³/mol. The summed E-state index contributed by atoms with van der Waals surface area (Å²) in [6, 6.07) is 6.24. The minimum atomic E-state index is 0.741. The second-order valence-corrected chi connectivity index (χ2v) is 3.77. The average molecular weight is 215 g/mol. The van der Waals surface area contributed by atoms with Crippen LogP contribution in [0.2, 0.25) is 0 Å². The number of nitriles is 1. The molecule has 0 spiro atoms. The molecule has 0 aliphatic rings. The summed E-state index contributed by atoms with van der Waals surface area (Å²) in [5.74, 6) is 0.870. The van der Waals surface area contributed by atoms with Crippen LogP contribution in [0.15, 0.2) is 18.2 Å². The molecule has 1 aromatic rings. The van der Waals surface area contributed by atoms with E-state index in [-0.39, 0.29) is 0 Å².